The molecular formula is C20H27N6O3+. The van der Waals surface area contributed by atoms with Gasteiger partial charge in [0.05, 0.1) is 6.04 Å². The van der Waals surface area contributed by atoms with E-state index in [9.17, 15) is 14.4 Å². The molecule has 2 unspecified atom stereocenters. The highest BCUT2D eigenvalue weighted by molar-refractivity contribution is 6.08. The van der Waals surface area contributed by atoms with Crippen molar-refractivity contribution in [2.45, 2.75) is 53.2 Å². The monoisotopic (exact) mass is 399 g/mol. The Morgan fingerprint density at radius 3 is 2.72 bits per heavy atom. The number of pyridine rings is 1. The molecule has 3 heterocycles. The number of anilines is 3. The first-order valence-electron chi connectivity index (χ1n) is 9.77. The summed E-state index contributed by atoms with van der Waals surface area (Å²) in [6.07, 6.45) is 3.65. The van der Waals surface area contributed by atoms with Crippen LogP contribution in [0, 0.1) is 5.92 Å². The van der Waals surface area contributed by atoms with Crippen molar-refractivity contribution < 1.29 is 14.2 Å². The lowest BCUT2D eigenvalue weighted by Gasteiger charge is -2.38. The Bertz CT molecular complexity index is 1000. The summed E-state index contributed by atoms with van der Waals surface area (Å²) in [5, 5.41) is 5.77. The molecule has 0 aromatic carbocycles. The van der Waals surface area contributed by atoms with Crippen LogP contribution in [0.15, 0.2) is 29.3 Å². The number of nitrogens with zero attached hydrogens (tertiary/aromatic N) is 3. The summed E-state index contributed by atoms with van der Waals surface area (Å²) >= 11 is 0. The van der Waals surface area contributed by atoms with Crippen LogP contribution in [0.3, 0.4) is 0 Å². The van der Waals surface area contributed by atoms with Gasteiger partial charge in [0.1, 0.15) is 12.1 Å². The molecule has 0 fully saturated rings. The van der Waals surface area contributed by atoms with Crippen LogP contribution in [0.1, 0.15) is 45.0 Å². The Labute approximate surface area is 169 Å². The van der Waals surface area contributed by atoms with Crippen LogP contribution in [0.25, 0.3) is 0 Å². The minimum Gasteiger partial charge on any atom is -0.364 e. The van der Waals surface area contributed by atoms with Crippen molar-refractivity contribution in [1.82, 2.24) is 9.97 Å². The quantitative estimate of drug-likeness (QED) is 0.675. The molecule has 3 rings (SSSR count). The highest BCUT2D eigenvalue weighted by atomic mass is 16.2. The van der Waals surface area contributed by atoms with Gasteiger partial charge in [-0.25, -0.2) is 4.57 Å². The number of hydrogen-bond donors (Lipinski definition) is 3. The van der Waals surface area contributed by atoms with E-state index >= 15 is 0 Å². The van der Waals surface area contributed by atoms with Crippen LogP contribution in [-0.2, 0) is 11.3 Å². The number of aryl methyl sites for hydroxylation is 1. The van der Waals surface area contributed by atoms with Gasteiger partial charge in [-0.2, -0.15) is 4.98 Å². The molecule has 0 saturated heterocycles. The van der Waals surface area contributed by atoms with Crippen molar-refractivity contribution in [1.29, 1.82) is 0 Å². The average molecular weight is 399 g/mol. The number of fused-ring (bicyclic) bond motifs is 1. The van der Waals surface area contributed by atoms with E-state index in [4.69, 9.17) is 0 Å². The number of hydrogen-bond acceptors (Lipinski definition) is 5. The van der Waals surface area contributed by atoms with Gasteiger partial charge in [0, 0.05) is 18.0 Å². The lowest BCUT2D eigenvalue weighted by molar-refractivity contribution is -0.693. The molecule has 2 amide bonds. The third-order valence-electron chi connectivity index (χ3n) is 5.09. The van der Waals surface area contributed by atoms with E-state index in [0.717, 1.165) is 6.54 Å². The van der Waals surface area contributed by atoms with Crippen LogP contribution in [0.2, 0.25) is 0 Å². The Kier molecular flexibility index (Phi) is 5.67. The lowest BCUT2D eigenvalue weighted by Crippen LogP contribution is -2.53. The first-order valence-corrected chi connectivity index (χ1v) is 9.77. The molecule has 0 saturated carbocycles. The van der Waals surface area contributed by atoms with Crippen molar-refractivity contribution in [3.8, 4) is 0 Å². The highest BCUT2D eigenvalue weighted by Gasteiger charge is 2.37. The molecule has 154 valence electrons. The maximum Gasteiger partial charge on any atom is 0.278 e. The number of H-pyrrole nitrogens is 1. The molecule has 0 bridgehead atoms. The average Bonchev–Trinajstić information content (AvgIpc) is 2.68. The zero-order valence-electron chi connectivity index (χ0n) is 17.3. The van der Waals surface area contributed by atoms with Crippen LogP contribution in [0.5, 0.6) is 0 Å². The fraction of sp³-hybridized carbons (Fsp3) is 0.450. The van der Waals surface area contributed by atoms with Crippen LogP contribution in [-0.4, -0.2) is 33.9 Å². The lowest BCUT2D eigenvalue weighted by atomic mass is 10.0. The molecule has 0 spiro atoms. The maximum absolute atomic E-state index is 13.3. The normalized spacial score (nSPS) is 18.2. The standard InChI is InChI=1S/C20H26N6O3/c1-6-25-9-7-8-14(10-25)19(29)26-13(5)12(4)21-16-15(26)18(28)24-20(22-16)23-17(27)11(2)3/h7-13H,6H2,1-5H3,(H2-,21,22,23,24,27,28)/p+1. The number of carbonyl (C=O) groups is 2. The zero-order chi connectivity index (χ0) is 21.3. The van der Waals surface area contributed by atoms with Gasteiger partial charge in [-0.15, -0.1) is 0 Å². The minimum absolute atomic E-state index is 0.0534. The van der Waals surface area contributed by atoms with Gasteiger partial charge in [0.2, 0.25) is 11.9 Å². The van der Waals surface area contributed by atoms with Crippen LogP contribution >= 0.6 is 0 Å². The summed E-state index contributed by atoms with van der Waals surface area (Å²) in [4.78, 5) is 46.6. The van der Waals surface area contributed by atoms with E-state index in [1.165, 1.54) is 4.90 Å². The SMILES string of the molecule is CC[n+]1cccc(C(=O)N2c3c(nc(NC(=O)C(C)C)[nH]c3=O)NC(C)C2C)c1. The minimum atomic E-state index is -0.493. The fourth-order valence-corrected chi connectivity index (χ4v) is 3.15. The third kappa shape index (κ3) is 3.98. The van der Waals surface area contributed by atoms with Crippen molar-refractivity contribution >= 4 is 29.3 Å². The van der Waals surface area contributed by atoms with E-state index in [1.54, 1.807) is 32.2 Å². The summed E-state index contributed by atoms with van der Waals surface area (Å²) in [5.41, 5.74) is 0.140. The molecule has 1 aliphatic heterocycles. The molecule has 1 aliphatic rings. The Morgan fingerprint density at radius 1 is 1.34 bits per heavy atom. The first-order chi connectivity index (χ1) is 13.7. The Balaban J connectivity index is 2.05. The molecule has 2 atom stereocenters. The Morgan fingerprint density at radius 2 is 2.07 bits per heavy atom. The number of rotatable bonds is 4. The summed E-state index contributed by atoms with van der Waals surface area (Å²) in [6.45, 7) is 10.0. The number of aromatic nitrogens is 3. The maximum atomic E-state index is 13.3. The second kappa shape index (κ2) is 8.02. The van der Waals surface area contributed by atoms with Gasteiger partial charge in [0.25, 0.3) is 11.5 Å². The smallest absolute Gasteiger partial charge is 0.278 e. The van der Waals surface area contributed by atoms with Crippen molar-refractivity contribution in [2.24, 2.45) is 5.92 Å². The van der Waals surface area contributed by atoms with Gasteiger partial charge in [-0.1, -0.05) is 13.8 Å². The first kappa shape index (κ1) is 20.5. The zero-order valence-corrected chi connectivity index (χ0v) is 17.3. The predicted octanol–water partition coefficient (Wildman–Crippen LogP) is 1.52. The van der Waals surface area contributed by atoms with Crippen LogP contribution in [0.4, 0.5) is 17.5 Å². The van der Waals surface area contributed by atoms with Crippen LogP contribution < -0.4 is 25.7 Å². The molecule has 2 aromatic heterocycles. The molecule has 3 N–H and O–H groups in total. The summed E-state index contributed by atoms with van der Waals surface area (Å²) in [6, 6.07) is 3.12. The van der Waals surface area contributed by atoms with Gasteiger partial charge >= 0.3 is 0 Å². The topological polar surface area (TPSA) is 111 Å². The number of nitrogens with one attached hydrogen (secondary N) is 3. The second-order valence-corrected chi connectivity index (χ2v) is 7.53. The number of carbonyl (C=O) groups excluding carboxylic acids is 2. The largest absolute Gasteiger partial charge is 0.364 e. The van der Waals surface area contributed by atoms with Gasteiger partial charge in [-0.3, -0.25) is 29.6 Å². The summed E-state index contributed by atoms with van der Waals surface area (Å²) in [5.74, 6) is -0.471. The number of aromatic amines is 1. The summed E-state index contributed by atoms with van der Waals surface area (Å²) in [7, 11) is 0. The highest BCUT2D eigenvalue weighted by Crippen LogP contribution is 2.31. The summed E-state index contributed by atoms with van der Waals surface area (Å²) < 4.78 is 1.90. The van der Waals surface area contributed by atoms with E-state index in [2.05, 4.69) is 20.6 Å². The van der Waals surface area contributed by atoms with E-state index in [-0.39, 0.29) is 47.3 Å². The van der Waals surface area contributed by atoms with Gasteiger partial charge in [-0.05, 0) is 26.8 Å². The number of amides is 2. The Hall–Kier alpha value is -3.23. The van der Waals surface area contributed by atoms with Gasteiger partial charge < -0.3 is 5.32 Å². The van der Waals surface area contributed by atoms with Crippen molar-refractivity contribution in [2.75, 3.05) is 15.5 Å². The van der Waals surface area contributed by atoms with E-state index < -0.39 is 5.56 Å². The van der Waals surface area contributed by atoms with E-state index in [1.807, 2.05) is 31.5 Å². The third-order valence-corrected chi connectivity index (χ3v) is 5.09. The second-order valence-electron chi connectivity index (χ2n) is 7.53. The molecule has 0 radical (unpaired) electrons. The molecular weight excluding hydrogens is 372 g/mol. The molecule has 9 nitrogen and oxygen atoms in total. The van der Waals surface area contributed by atoms with E-state index in [0.29, 0.717) is 5.56 Å². The predicted molar refractivity (Wildman–Crippen MR) is 110 cm³/mol. The van der Waals surface area contributed by atoms with Gasteiger partial charge in [0.15, 0.2) is 23.9 Å². The molecule has 9 heteroatoms. The van der Waals surface area contributed by atoms with Crippen molar-refractivity contribution in [3.05, 3.63) is 40.4 Å². The molecule has 0 aliphatic carbocycles. The molecule has 2 aromatic rings. The van der Waals surface area contributed by atoms with Crippen molar-refractivity contribution in [3.63, 3.8) is 0 Å². The molecule has 29 heavy (non-hydrogen) atoms. The fourth-order valence-electron chi connectivity index (χ4n) is 3.15.